The van der Waals surface area contributed by atoms with Gasteiger partial charge in [0.25, 0.3) is 0 Å². The number of phenols is 1. The molecule has 7 heteroatoms. The van der Waals surface area contributed by atoms with Crippen LogP contribution in [0.25, 0.3) is 11.4 Å². The minimum Gasteiger partial charge on any atom is -0.508 e. The number of phenolic OH excluding ortho intramolecular Hbond substituents is 1. The third kappa shape index (κ3) is 3.82. The third-order valence-electron chi connectivity index (χ3n) is 4.14. The average molecular weight is 363 g/mol. The smallest absolute Gasteiger partial charge is 0.231 e. The van der Waals surface area contributed by atoms with Gasteiger partial charge in [0, 0.05) is 12.0 Å². The number of rotatable bonds is 5. The zero-order valence-corrected chi connectivity index (χ0v) is 14.4. The predicted molar refractivity (Wildman–Crippen MR) is 98.6 cm³/mol. The van der Waals surface area contributed by atoms with Crippen LogP contribution in [0.2, 0.25) is 0 Å². The van der Waals surface area contributed by atoms with Crippen molar-refractivity contribution in [3.8, 4) is 28.6 Å². The van der Waals surface area contributed by atoms with Crippen molar-refractivity contribution >= 4 is 11.6 Å². The monoisotopic (exact) mass is 363 g/mol. The molecule has 1 aliphatic heterocycles. The number of fused-ring (bicyclic) bond motifs is 1. The molecule has 0 aliphatic carbocycles. The summed E-state index contributed by atoms with van der Waals surface area (Å²) >= 11 is 0. The van der Waals surface area contributed by atoms with Crippen molar-refractivity contribution in [2.24, 2.45) is 0 Å². The van der Waals surface area contributed by atoms with Gasteiger partial charge in [0.2, 0.25) is 12.7 Å². The third-order valence-corrected chi connectivity index (χ3v) is 4.14. The standard InChI is InChI=1S/C20H17N3O4/c24-16-5-1-4-14(9-16)20-21-10-15(11-22-20)23-18(25)8-7-13-3-2-6-17-19(13)27-12-26-17/h1-6,9-11,24H,7-8,12H2,(H,23,25). The van der Waals surface area contributed by atoms with Crippen LogP contribution in [0.15, 0.2) is 54.9 Å². The van der Waals surface area contributed by atoms with Gasteiger partial charge in [-0.1, -0.05) is 24.3 Å². The highest BCUT2D eigenvalue weighted by atomic mass is 16.7. The number of anilines is 1. The summed E-state index contributed by atoms with van der Waals surface area (Å²) in [6.45, 7) is 0.210. The second kappa shape index (κ2) is 7.33. The zero-order chi connectivity index (χ0) is 18.6. The number of aromatic hydroxyl groups is 1. The Labute approximate surface area is 155 Å². The van der Waals surface area contributed by atoms with E-state index in [1.165, 1.54) is 0 Å². The summed E-state index contributed by atoms with van der Waals surface area (Å²) in [6.07, 6.45) is 3.93. The second-order valence-electron chi connectivity index (χ2n) is 6.04. The number of amides is 1. The SMILES string of the molecule is O=C(CCc1cccc2c1OCO2)Nc1cnc(-c2cccc(O)c2)nc1. The normalized spacial score (nSPS) is 12.0. The first-order valence-corrected chi connectivity index (χ1v) is 8.48. The molecule has 0 bridgehead atoms. The van der Waals surface area contributed by atoms with Gasteiger partial charge in [-0.05, 0) is 30.2 Å². The molecule has 1 aliphatic rings. The summed E-state index contributed by atoms with van der Waals surface area (Å²) < 4.78 is 10.8. The minimum atomic E-state index is -0.139. The van der Waals surface area contributed by atoms with E-state index in [0.29, 0.717) is 41.4 Å². The molecule has 0 saturated carbocycles. The van der Waals surface area contributed by atoms with Crippen LogP contribution in [-0.2, 0) is 11.2 Å². The lowest BCUT2D eigenvalue weighted by atomic mass is 10.1. The van der Waals surface area contributed by atoms with E-state index < -0.39 is 0 Å². The minimum absolute atomic E-state index is 0.139. The molecule has 7 nitrogen and oxygen atoms in total. The molecule has 1 aromatic heterocycles. The molecule has 2 aromatic carbocycles. The van der Waals surface area contributed by atoms with E-state index in [4.69, 9.17) is 9.47 Å². The van der Waals surface area contributed by atoms with Gasteiger partial charge < -0.3 is 19.9 Å². The van der Waals surface area contributed by atoms with E-state index in [1.54, 1.807) is 36.7 Å². The Morgan fingerprint density at radius 1 is 1.11 bits per heavy atom. The summed E-state index contributed by atoms with van der Waals surface area (Å²) in [4.78, 5) is 20.7. The largest absolute Gasteiger partial charge is 0.508 e. The number of aromatic nitrogens is 2. The van der Waals surface area contributed by atoms with Gasteiger partial charge in [-0.25, -0.2) is 9.97 Å². The molecule has 4 rings (SSSR count). The van der Waals surface area contributed by atoms with Crippen molar-refractivity contribution in [1.29, 1.82) is 0 Å². The topological polar surface area (TPSA) is 93.6 Å². The van der Waals surface area contributed by atoms with Crippen molar-refractivity contribution in [1.82, 2.24) is 9.97 Å². The van der Waals surface area contributed by atoms with Crippen LogP contribution in [0.5, 0.6) is 17.2 Å². The first kappa shape index (κ1) is 16.8. The van der Waals surface area contributed by atoms with Gasteiger partial charge in [-0.15, -0.1) is 0 Å². The van der Waals surface area contributed by atoms with Crippen LogP contribution < -0.4 is 14.8 Å². The molecule has 0 saturated heterocycles. The summed E-state index contributed by atoms with van der Waals surface area (Å²) in [7, 11) is 0. The fraction of sp³-hybridized carbons (Fsp3) is 0.150. The van der Waals surface area contributed by atoms with Gasteiger partial charge in [0.05, 0.1) is 18.1 Å². The maximum atomic E-state index is 12.2. The van der Waals surface area contributed by atoms with Crippen LogP contribution in [0.3, 0.4) is 0 Å². The number of benzene rings is 2. The lowest BCUT2D eigenvalue weighted by molar-refractivity contribution is -0.116. The molecule has 0 fully saturated rings. The molecular formula is C20H17N3O4. The van der Waals surface area contributed by atoms with Gasteiger partial charge in [-0.2, -0.15) is 0 Å². The Balaban J connectivity index is 1.37. The number of carbonyl (C=O) groups is 1. The molecule has 27 heavy (non-hydrogen) atoms. The van der Waals surface area contributed by atoms with Gasteiger partial charge in [0.1, 0.15) is 5.75 Å². The number of carbonyl (C=O) groups excluding carboxylic acids is 1. The van der Waals surface area contributed by atoms with Gasteiger partial charge >= 0.3 is 0 Å². The number of aryl methyl sites for hydroxylation is 1. The second-order valence-corrected chi connectivity index (χ2v) is 6.04. The van der Waals surface area contributed by atoms with Crippen LogP contribution in [0.1, 0.15) is 12.0 Å². The number of hydrogen-bond donors (Lipinski definition) is 2. The molecule has 0 unspecified atom stereocenters. The Kier molecular flexibility index (Phi) is 4.57. The Morgan fingerprint density at radius 3 is 2.74 bits per heavy atom. The molecule has 0 atom stereocenters. The summed E-state index contributed by atoms with van der Waals surface area (Å²) in [5, 5.41) is 12.3. The molecule has 3 aromatic rings. The number of nitrogens with zero attached hydrogens (tertiary/aromatic N) is 2. The molecule has 1 amide bonds. The van der Waals surface area contributed by atoms with E-state index in [0.717, 1.165) is 5.56 Å². The Morgan fingerprint density at radius 2 is 1.93 bits per heavy atom. The lowest BCUT2D eigenvalue weighted by Crippen LogP contribution is -2.13. The predicted octanol–water partition coefficient (Wildman–Crippen LogP) is 3.15. The molecule has 0 spiro atoms. The van der Waals surface area contributed by atoms with Gasteiger partial charge in [0.15, 0.2) is 17.3 Å². The highest BCUT2D eigenvalue weighted by Gasteiger charge is 2.17. The summed E-state index contributed by atoms with van der Waals surface area (Å²) in [5.41, 5.74) is 2.16. The number of nitrogens with one attached hydrogen (secondary N) is 1. The number of ether oxygens (including phenoxy) is 2. The molecule has 2 heterocycles. The summed E-state index contributed by atoms with van der Waals surface area (Å²) in [5.74, 6) is 1.91. The van der Waals surface area contributed by atoms with Gasteiger partial charge in [-0.3, -0.25) is 4.79 Å². The van der Waals surface area contributed by atoms with E-state index in [1.807, 2.05) is 18.2 Å². The summed E-state index contributed by atoms with van der Waals surface area (Å²) in [6, 6.07) is 12.3. The van der Waals surface area contributed by atoms with E-state index in [2.05, 4.69) is 15.3 Å². The molecule has 2 N–H and O–H groups in total. The quantitative estimate of drug-likeness (QED) is 0.723. The van der Waals surface area contributed by atoms with Crippen molar-refractivity contribution < 1.29 is 19.4 Å². The van der Waals surface area contributed by atoms with Crippen molar-refractivity contribution in [2.45, 2.75) is 12.8 Å². The fourth-order valence-corrected chi connectivity index (χ4v) is 2.85. The maximum absolute atomic E-state index is 12.2. The number of hydrogen-bond acceptors (Lipinski definition) is 6. The van der Waals surface area contributed by atoms with Crippen LogP contribution in [-0.4, -0.2) is 27.8 Å². The zero-order valence-electron chi connectivity index (χ0n) is 14.4. The highest BCUT2D eigenvalue weighted by molar-refractivity contribution is 5.90. The number of para-hydroxylation sites is 1. The molecule has 136 valence electrons. The van der Waals surface area contributed by atoms with Crippen LogP contribution in [0.4, 0.5) is 5.69 Å². The van der Waals surface area contributed by atoms with E-state index >= 15 is 0 Å². The Hall–Kier alpha value is -3.61. The molecular weight excluding hydrogens is 346 g/mol. The van der Waals surface area contributed by atoms with E-state index in [9.17, 15) is 9.90 Å². The van der Waals surface area contributed by atoms with E-state index in [-0.39, 0.29) is 18.4 Å². The van der Waals surface area contributed by atoms with Crippen molar-refractivity contribution in [2.75, 3.05) is 12.1 Å². The highest BCUT2D eigenvalue weighted by Crippen LogP contribution is 2.35. The lowest BCUT2D eigenvalue weighted by Gasteiger charge is -2.07. The van der Waals surface area contributed by atoms with Crippen LogP contribution in [0, 0.1) is 0 Å². The first-order chi connectivity index (χ1) is 13.2. The first-order valence-electron chi connectivity index (χ1n) is 8.48. The van der Waals surface area contributed by atoms with Crippen molar-refractivity contribution in [3.05, 3.63) is 60.4 Å². The van der Waals surface area contributed by atoms with Crippen LogP contribution >= 0.6 is 0 Å². The fourth-order valence-electron chi connectivity index (χ4n) is 2.85. The molecule has 0 radical (unpaired) electrons. The average Bonchev–Trinajstić information content (AvgIpc) is 3.16. The van der Waals surface area contributed by atoms with Crippen molar-refractivity contribution in [3.63, 3.8) is 0 Å². The maximum Gasteiger partial charge on any atom is 0.231 e. The Bertz CT molecular complexity index is 973.